The number of hydrogen-bond acceptors (Lipinski definition) is 4. The number of benzene rings is 1. The Kier molecular flexibility index (Phi) is 5.65. The molecular formula is C26H38N2O3S. The summed E-state index contributed by atoms with van der Waals surface area (Å²) in [5.74, 6) is 0. The first-order chi connectivity index (χ1) is 14.8. The first-order valence-corrected chi connectivity index (χ1v) is 13.3. The maximum absolute atomic E-state index is 12.9. The summed E-state index contributed by atoms with van der Waals surface area (Å²) in [5.41, 5.74) is 3.42. The lowest BCUT2D eigenvalue weighted by atomic mass is 9.49. The van der Waals surface area contributed by atoms with Crippen LogP contribution >= 0.6 is 0 Å². The van der Waals surface area contributed by atoms with Crippen molar-refractivity contribution < 1.29 is 13.2 Å². The summed E-state index contributed by atoms with van der Waals surface area (Å²) in [6.07, 6.45) is 5.87. The van der Waals surface area contributed by atoms with Gasteiger partial charge >= 0.3 is 0 Å². The Morgan fingerprint density at radius 3 is 2.28 bits per heavy atom. The molecule has 0 unspecified atom stereocenters. The zero-order chi connectivity index (χ0) is 23.4. The number of fused-ring (bicyclic) bond motifs is 3. The predicted molar refractivity (Wildman–Crippen MR) is 129 cm³/mol. The maximum atomic E-state index is 12.9. The zero-order valence-electron chi connectivity index (χ0n) is 20.4. The van der Waals surface area contributed by atoms with Crippen LogP contribution in [-0.2, 0) is 14.8 Å². The van der Waals surface area contributed by atoms with Crippen LogP contribution in [0.5, 0.6) is 0 Å². The monoisotopic (exact) mass is 458 g/mol. The summed E-state index contributed by atoms with van der Waals surface area (Å²) in [6, 6.07) is 8.44. The molecule has 6 heteroatoms. The minimum Gasteiger partial charge on any atom is -0.370 e. The van der Waals surface area contributed by atoms with E-state index in [4.69, 9.17) is 4.74 Å². The molecule has 1 aromatic rings. The Bertz CT molecular complexity index is 1060. The SMILES string of the molecule is CCO[C@@]12CC(C)(C)C[C@@](C)(CC3=C1C(=NNS(=O)(=O)c1ccccc1)CC(C)(C)C3)C2. The molecule has 0 radical (unpaired) electrons. The van der Waals surface area contributed by atoms with Gasteiger partial charge in [-0.25, -0.2) is 0 Å². The van der Waals surface area contributed by atoms with Gasteiger partial charge in [-0.2, -0.15) is 18.4 Å². The molecule has 0 amide bonds. The number of nitrogens with zero attached hydrogens (tertiary/aromatic N) is 1. The smallest absolute Gasteiger partial charge is 0.276 e. The average Bonchev–Trinajstić information content (AvgIpc) is 2.63. The van der Waals surface area contributed by atoms with Crippen LogP contribution in [0.4, 0.5) is 0 Å². The van der Waals surface area contributed by atoms with Gasteiger partial charge in [0.15, 0.2) is 0 Å². The summed E-state index contributed by atoms with van der Waals surface area (Å²) >= 11 is 0. The first kappa shape index (κ1) is 23.5. The Balaban J connectivity index is 1.81. The van der Waals surface area contributed by atoms with E-state index in [1.807, 2.05) is 0 Å². The third-order valence-electron chi connectivity index (χ3n) is 7.23. The molecule has 1 fully saturated rings. The highest BCUT2D eigenvalue weighted by Gasteiger charge is 2.57. The molecule has 0 aliphatic heterocycles. The van der Waals surface area contributed by atoms with E-state index in [1.165, 1.54) is 17.6 Å². The molecule has 1 N–H and O–H groups in total. The number of sulfonamides is 1. The largest absolute Gasteiger partial charge is 0.370 e. The van der Waals surface area contributed by atoms with Crippen molar-refractivity contribution in [1.29, 1.82) is 0 Å². The average molecular weight is 459 g/mol. The maximum Gasteiger partial charge on any atom is 0.276 e. The van der Waals surface area contributed by atoms with Gasteiger partial charge in [-0.05, 0) is 73.8 Å². The lowest BCUT2D eigenvalue weighted by molar-refractivity contribution is -0.114. The minimum atomic E-state index is -3.72. The molecule has 3 aliphatic carbocycles. The van der Waals surface area contributed by atoms with Crippen molar-refractivity contribution in [3.63, 3.8) is 0 Å². The van der Waals surface area contributed by atoms with Crippen LogP contribution in [0, 0.1) is 16.2 Å². The molecule has 32 heavy (non-hydrogen) atoms. The second kappa shape index (κ2) is 7.69. The first-order valence-electron chi connectivity index (χ1n) is 11.8. The van der Waals surface area contributed by atoms with Crippen LogP contribution in [0.3, 0.4) is 0 Å². The summed E-state index contributed by atoms with van der Waals surface area (Å²) in [7, 11) is -3.72. The number of rotatable bonds is 5. The van der Waals surface area contributed by atoms with E-state index < -0.39 is 15.6 Å². The third-order valence-corrected chi connectivity index (χ3v) is 8.46. The van der Waals surface area contributed by atoms with E-state index >= 15 is 0 Å². The van der Waals surface area contributed by atoms with Crippen LogP contribution < -0.4 is 4.83 Å². The van der Waals surface area contributed by atoms with Crippen LogP contribution in [0.2, 0.25) is 0 Å². The van der Waals surface area contributed by atoms with Gasteiger partial charge in [0.1, 0.15) is 0 Å². The van der Waals surface area contributed by atoms with E-state index in [0.717, 1.165) is 37.8 Å². The van der Waals surface area contributed by atoms with Crippen LogP contribution in [-0.4, -0.2) is 26.3 Å². The number of nitrogens with one attached hydrogen (secondary N) is 1. The van der Waals surface area contributed by atoms with Gasteiger partial charge in [0, 0.05) is 12.2 Å². The molecule has 176 valence electrons. The van der Waals surface area contributed by atoms with Crippen molar-refractivity contribution in [3.8, 4) is 0 Å². The number of allylic oxidation sites excluding steroid dienone is 1. The van der Waals surface area contributed by atoms with Crippen molar-refractivity contribution in [2.75, 3.05) is 6.61 Å². The van der Waals surface area contributed by atoms with Crippen LogP contribution in [0.1, 0.15) is 80.1 Å². The second-order valence-electron chi connectivity index (χ2n) is 12.1. The Labute approximate surface area is 193 Å². The summed E-state index contributed by atoms with van der Waals surface area (Å²) in [6.45, 7) is 14.3. The second-order valence-corrected chi connectivity index (χ2v) is 13.7. The molecule has 3 aliphatic rings. The number of hydrogen-bond donors (Lipinski definition) is 1. The van der Waals surface area contributed by atoms with Gasteiger partial charge < -0.3 is 4.74 Å². The molecule has 0 saturated heterocycles. The molecule has 2 atom stereocenters. The van der Waals surface area contributed by atoms with Gasteiger partial charge in [0.05, 0.1) is 16.2 Å². The Morgan fingerprint density at radius 1 is 0.938 bits per heavy atom. The zero-order valence-corrected chi connectivity index (χ0v) is 21.2. The molecule has 5 nitrogen and oxygen atoms in total. The molecule has 4 rings (SSSR count). The van der Waals surface area contributed by atoms with E-state index in [2.05, 4.69) is 51.5 Å². The standard InChI is InChI=1S/C26H38N2O3S/c1-7-31-26-17-24(4,5)16-25(6,18-26)14-19-13-23(2,3)15-21(22(19)26)27-28-32(29,30)20-11-9-8-10-12-20/h8-12,28H,7,13-18H2,1-6H3/t25-,26-/m1/s1. The van der Waals surface area contributed by atoms with Crippen molar-refractivity contribution in [2.24, 2.45) is 21.3 Å². The lowest BCUT2D eigenvalue weighted by Crippen LogP contribution is -2.56. The number of hydrazone groups is 1. The fourth-order valence-corrected chi connectivity index (χ4v) is 8.00. The van der Waals surface area contributed by atoms with Crippen molar-refractivity contribution in [3.05, 3.63) is 41.5 Å². The fourth-order valence-electron chi connectivity index (χ4n) is 7.15. The summed E-state index contributed by atoms with van der Waals surface area (Å²) in [5, 5.41) is 4.60. The van der Waals surface area contributed by atoms with Gasteiger partial charge in [-0.1, -0.05) is 58.4 Å². The van der Waals surface area contributed by atoms with Crippen molar-refractivity contribution >= 4 is 15.7 Å². The van der Waals surface area contributed by atoms with E-state index in [1.54, 1.807) is 30.3 Å². The van der Waals surface area contributed by atoms with Gasteiger partial charge in [-0.15, -0.1) is 0 Å². The molecule has 2 bridgehead atoms. The molecule has 0 spiro atoms. The normalized spacial score (nSPS) is 32.5. The highest BCUT2D eigenvalue weighted by molar-refractivity contribution is 7.89. The van der Waals surface area contributed by atoms with Crippen molar-refractivity contribution in [2.45, 2.75) is 90.6 Å². The topological polar surface area (TPSA) is 67.8 Å². The van der Waals surface area contributed by atoms with Crippen molar-refractivity contribution in [1.82, 2.24) is 4.83 Å². The lowest BCUT2D eigenvalue weighted by Gasteiger charge is -2.59. The Morgan fingerprint density at radius 2 is 1.62 bits per heavy atom. The fraction of sp³-hybridized carbons (Fsp3) is 0.654. The molecular weight excluding hydrogens is 420 g/mol. The van der Waals surface area contributed by atoms with Crippen LogP contribution in [0.25, 0.3) is 0 Å². The molecule has 1 saturated carbocycles. The highest BCUT2D eigenvalue weighted by atomic mass is 32.2. The summed E-state index contributed by atoms with van der Waals surface area (Å²) < 4.78 is 32.4. The summed E-state index contributed by atoms with van der Waals surface area (Å²) in [4.78, 5) is 2.77. The van der Waals surface area contributed by atoms with E-state index in [9.17, 15) is 8.42 Å². The minimum absolute atomic E-state index is 0.0285. The van der Waals surface area contributed by atoms with Gasteiger partial charge in [0.25, 0.3) is 10.0 Å². The predicted octanol–water partition coefficient (Wildman–Crippen LogP) is 5.83. The van der Waals surface area contributed by atoms with Gasteiger partial charge in [0.2, 0.25) is 0 Å². The molecule has 0 aromatic heterocycles. The van der Waals surface area contributed by atoms with Gasteiger partial charge in [-0.3, -0.25) is 0 Å². The Hall–Kier alpha value is -1.66. The quantitative estimate of drug-likeness (QED) is 0.564. The third kappa shape index (κ3) is 4.41. The van der Waals surface area contributed by atoms with E-state index in [0.29, 0.717) is 6.61 Å². The van der Waals surface area contributed by atoms with Crippen LogP contribution in [0.15, 0.2) is 51.5 Å². The molecule has 1 aromatic carbocycles. The van der Waals surface area contributed by atoms with E-state index in [-0.39, 0.29) is 21.1 Å². The highest BCUT2D eigenvalue weighted by Crippen LogP contribution is 2.62. The number of ether oxygens (including phenoxy) is 1. The molecule has 0 heterocycles.